The van der Waals surface area contributed by atoms with E-state index in [0.29, 0.717) is 199 Å². The molecule has 444 valence electrons. The van der Waals surface area contributed by atoms with Crippen LogP contribution in [-0.4, -0.2) is 197 Å². The summed E-state index contributed by atoms with van der Waals surface area (Å²) >= 11 is 0. The molecule has 1 amide bonds. The van der Waals surface area contributed by atoms with Crippen molar-refractivity contribution in [1.29, 1.82) is 0 Å². The summed E-state index contributed by atoms with van der Waals surface area (Å²) in [6, 6.07) is 14.4. The van der Waals surface area contributed by atoms with Crippen molar-refractivity contribution in [1.82, 2.24) is 15.0 Å². The lowest BCUT2D eigenvalue weighted by Crippen LogP contribution is -2.44. The number of pyridine rings is 2. The highest BCUT2D eigenvalue weighted by Crippen LogP contribution is 2.41. The van der Waals surface area contributed by atoms with Crippen molar-refractivity contribution in [3.05, 3.63) is 97.1 Å². The Hall–Kier alpha value is -6.16. The highest BCUT2D eigenvalue weighted by atomic mass is 16.6. The van der Waals surface area contributed by atoms with Crippen LogP contribution in [0.5, 0.6) is 11.5 Å². The number of esters is 1. The Morgan fingerprint density at radius 2 is 1.17 bits per heavy atom. The van der Waals surface area contributed by atoms with E-state index < -0.39 is 17.5 Å². The molecule has 0 saturated heterocycles. The van der Waals surface area contributed by atoms with Crippen molar-refractivity contribution in [2.75, 3.05) is 165 Å². The van der Waals surface area contributed by atoms with Gasteiger partial charge >= 0.3 is 5.97 Å². The van der Waals surface area contributed by atoms with Crippen molar-refractivity contribution < 1.29 is 81.0 Å². The third-order valence-electron chi connectivity index (χ3n) is 12.7. The predicted molar refractivity (Wildman–Crippen MR) is 295 cm³/mol. The highest BCUT2D eigenvalue weighted by Gasteiger charge is 2.45. The second-order valence-electron chi connectivity index (χ2n) is 18.1. The van der Waals surface area contributed by atoms with Gasteiger partial charge in [-0.05, 0) is 85.0 Å². The molecular formula is C56H77N7O18. The van der Waals surface area contributed by atoms with Crippen LogP contribution in [0.15, 0.2) is 63.5 Å². The Morgan fingerprint density at radius 3 is 1.67 bits per heavy atom. The van der Waals surface area contributed by atoms with Gasteiger partial charge in [-0.15, -0.1) is 0 Å². The average Bonchev–Trinajstić information content (AvgIpc) is 3.88. The topological polar surface area (TPSA) is 292 Å². The summed E-state index contributed by atoms with van der Waals surface area (Å²) in [5, 5.41) is 19.7. The lowest BCUT2D eigenvalue weighted by molar-refractivity contribution is -0.172. The van der Waals surface area contributed by atoms with Crippen molar-refractivity contribution in [2.24, 2.45) is 10.2 Å². The lowest BCUT2D eigenvalue weighted by atomic mass is 9.86. The van der Waals surface area contributed by atoms with Crippen LogP contribution in [0.25, 0.3) is 32.7 Å². The Kier molecular flexibility index (Phi) is 28.7. The molecule has 2 aromatic heterocycles. The molecule has 81 heavy (non-hydrogen) atoms. The van der Waals surface area contributed by atoms with Gasteiger partial charge in [0.25, 0.3) is 11.5 Å². The summed E-state index contributed by atoms with van der Waals surface area (Å²) in [4.78, 5) is 46.7. The zero-order valence-corrected chi connectivity index (χ0v) is 46.7. The van der Waals surface area contributed by atoms with E-state index in [1.54, 1.807) is 36.6 Å². The van der Waals surface area contributed by atoms with Crippen LogP contribution in [0, 0.1) is 0 Å². The number of amides is 1. The van der Waals surface area contributed by atoms with Crippen molar-refractivity contribution >= 4 is 28.5 Å². The fourth-order valence-corrected chi connectivity index (χ4v) is 8.49. The molecule has 0 aliphatic carbocycles. The third-order valence-corrected chi connectivity index (χ3v) is 12.7. The molecule has 1 atom stereocenters. The average molecular weight is 1140 g/mol. The largest absolute Gasteiger partial charge is 0.491 e. The van der Waals surface area contributed by atoms with E-state index in [1.807, 2.05) is 37.3 Å². The van der Waals surface area contributed by atoms with Crippen molar-refractivity contribution in [3.63, 3.8) is 0 Å². The Labute approximate surface area is 470 Å². The van der Waals surface area contributed by atoms with Crippen LogP contribution in [-0.2, 0) is 91.6 Å². The molecule has 25 nitrogen and oxygen atoms in total. The van der Waals surface area contributed by atoms with Gasteiger partial charge < -0.3 is 76.0 Å². The number of hydrogen-bond acceptors (Lipinski definition) is 21. The molecular weight excluding hydrogens is 1060 g/mol. The number of cyclic esters (lactones) is 1. The predicted octanol–water partition coefficient (Wildman–Crippen LogP) is 4.43. The molecule has 25 heteroatoms. The number of ether oxygens (including phenoxy) is 14. The molecule has 0 spiro atoms. The Balaban J connectivity index is 0.710. The monoisotopic (exact) mass is 1140 g/mol. The highest BCUT2D eigenvalue weighted by molar-refractivity contribution is 5.99. The summed E-state index contributed by atoms with van der Waals surface area (Å²) < 4.78 is 78.8. The molecule has 0 fully saturated rings. The summed E-state index contributed by atoms with van der Waals surface area (Å²) in [5.74, 6) is -0.0795. The van der Waals surface area contributed by atoms with Gasteiger partial charge in [0.15, 0.2) is 12.2 Å². The quantitative estimate of drug-likeness (QED) is 0.0104. The maximum absolute atomic E-state index is 13.7. The van der Waals surface area contributed by atoms with E-state index in [-0.39, 0.29) is 42.9 Å². The number of aliphatic hydroxyl groups is 1. The van der Waals surface area contributed by atoms with Gasteiger partial charge in [0.05, 0.1) is 180 Å². The number of nitrogens with zero attached hydrogens (tertiary/aromatic N) is 6. The number of azide groups is 1. The molecule has 0 bridgehead atoms. The minimum Gasteiger partial charge on any atom is -0.491 e. The Morgan fingerprint density at radius 1 is 0.679 bits per heavy atom. The number of fused-ring (bicyclic) bond motifs is 5. The van der Waals surface area contributed by atoms with Crippen LogP contribution in [0.2, 0.25) is 0 Å². The van der Waals surface area contributed by atoms with Crippen molar-refractivity contribution in [3.8, 4) is 22.9 Å². The van der Waals surface area contributed by atoms with Crippen LogP contribution in [0.1, 0.15) is 55.0 Å². The van der Waals surface area contributed by atoms with E-state index in [9.17, 15) is 19.5 Å². The summed E-state index contributed by atoms with van der Waals surface area (Å²) in [6.45, 7) is 15.9. The maximum Gasteiger partial charge on any atom is 0.343 e. The first-order valence-corrected chi connectivity index (χ1v) is 27.4. The normalized spacial score (nSPS) is 14.6. The first kappa shape index (κ1) is 64.0. The number of carbonyl (C=O) groups excluding carboxylic acids is 2. The number of hydrogen-bond donors (Lipinski definition) is 2. The zero-order chi connectivity index (χ0) is 57.3. The van der Waals surface area contributed by atoms with Crippen LogP contribution < -0.4 is 20.5 Å². The maximum atomic E-state index is 13.7. The fourth-order valence-electron chi connectivity index (χ4n) is 8.49. The smallest absolute Gasteiger partial charge is 0.343 e. The second kappa shape index (κ2) is 36.3. The van der Waals surface area contributed by atoms with Gasteiger partial charge in [-0.2, -0.15) is 5.10 Å². The summed E-state index contributed by atoms with van der Waals surface area (Å²) in [5.41, 5.74) is 14.1. The van der Waals surface area contributed by atoms with Gasteiger partial charge in [-0.1, -0.05) is 19.0 Å². The van der Waals surface area contributed by atoms with E-state index in [4.69, 9.17) is 76.8 Å². The SMILES string of the molecule is CCc1c2c(nc3ccc(OCC(=O)N/N=C(\C)c4ccc(OCCOCCOCCOCCOCCOCCOCCOCCOCCOCCOCCOCCN=[N+]=[N-])cc4)cc13)-c1cc3c(c(=O)n1C2)COC(=O)[C@]3(O)CC. The van der Waals surface area contributed by atoms with Gasteiger partial charge in [-0.3, -0.25) is 9.59 Å². The van der Waals surface area contributed by atoms with E-state index in [0.717, 1.165) is 22.1 Å². The number of carbonyl (C=O) groups is 2. The molecule has 4 heterocycles. The third kappa shape index (κ3) is 20.7. The molecule has 2 aliphatic rings. The lowest BCUT2D eigenvalue weighted by Gasteiger charge is -2.31. The molecule has 0 saturated carbocycles. The number of nitrogens with one attached hydrogen (secondary N) is 1. The van der Waals surface area contributed by atoms with Crippen LogP contribution in [0.3, 0.4) is 0 Å². The minimum absolute atomic E-state index is 0.0610. The van der Waals surface area contributed by atoms with Crippen LogP contribution in [0.4, 0.5) is 0 Å². The molecule has 2 aromatic carbocycles. The molecule has 0 unspecified atom stereocenters. The van der Waals surface area contributed by atoms with Gasteiger partial charge in [0.2, 0.25) is 0 Å². The summed E-state index contributed by atoms with van der Waals surface area (Å²) in [6.07, 6.45) is 0.696. The fraction of sp³-hybridized carbons (Fsp3) is 0.589. The molecule has 2 N–H and O–H groups in total. The molecule has 0 radical (unpaired) electrons. The first-order valence-electron chi connectivity index (χ1n) is 27.4. The van der Waals surface area contributed by atoms with Crippen LogP contribution >= 0.6 is 0 Å². The first-order chi connectivity index (χ1) is 39.7. The minimum atomic E-state index is -1.91. The van der Waals surface area contributed by atoms with E-state index in [1.165, 1.54) is 0 Å². The second-order valence-corrected chi connectivity index (χ2v) is 18.1. The van der Waals surface area contributed by atoms with E-state index in [2.05, 4.69) is 20.6 Å². The van der Waals surface area contributed by atoms with E-state index >= 15 is 0 Å². The molecule has 6 rings (SSSR count). The van der Waals surface area contributed by atoms with Gasteiger partial charge in [0.1, 0.15) is 24.7 Å². The van der Waals surface area contributed by atoms with Gasteiger partial charge in [0, 0.05) is 28.0 Å². The number of benzene rings is 2. The number of aryl methyl sites for hydroxylation is 1. The summed E-state index contributed by atoms with van der Waals surface area (Å²) in [7, 11) is 0. The molecule has 2 aliphatic heterocycles. The Bertz CT molecular complexity index is 2700. The van der Waals surface area contributed by atoms with Gasteiger partial charge in [-0.25, -0.2) is 15.2 Å². The number of hydrazone groups is 1. The van der Waals surface area contributed by atoms with Crippen molar-refractivity contribution in [2.45, 2.75) is 52.4 Å². The number of aromatic nitrogens is 2. The standard InChI is InChI=1S/C56H77N7O18/c1-4-45-46-36-44(10-11-50(46)59-53-47(45)38-63-51(53)37-49-48(54(63)65)39-81-55(66)56(49,67)5-2)80-40-52(64)61-60-41(3)42-6-8-43(9-7-42)79-35-34-78-33-32-77-31-30-76-29-28-75-27-26-74-25-24-73-23-22-72-21-20-71-19-18-70-17-16-69-15-14-68-13-12-58-62-57/h6-11,36-37,67H,4-5,12-35,38-40H2,1-3H3,(H,61,64)/b60-41+/t56-/m0/s1. The molecule has 4 aromatic rings. The number of rotatable bonds is 44. The zero-order valence-electron chi connectivity index (χ0n) is 46.7.